The van der Waals surface area contributed by atoms with E-state index >= 15 is 0 Å². The van der Waals surface area contributed by atoms with Gasteiger partial charge in [-0.25, -0.2) is 14.6 Å². The molecule has 15 heteroatoms. The lowest BCUT2D eigenvalue weighted by molar-refractivity contribution is -0.162. The molecule has 1 aromatic carbocycles. The second-order valence-corrected chi connectivity index (χ2v) is 8.32. The van der Waals surface area contributed by atoms with E-state index in [1.165, 1.54) is 18.5 Å². The Morgan fingerprint density at radius 2 is 1.45 bits per heavy atom. The Balaban J connectivity index is 0.000000578. The number of aliphatic carboxylic acids is 2. The van der Waals surface area contributed by atoms with E-state index in [4.69, 9.17) is 43.4 Å². The predicted octanol–water partition coefficient (Wildman–Crippen LogP) is -1.93. The van der Waals surface area contributed by atoms with Crippen LogP contribution < -0.4 is 22.9 Å². The number of carboxylic acid groups (broad SMARTS) is 2. The van der Waals surface area contributed by atoms with E-state index in [2.05, 4.69) is 14.7 Å². The van der Waals surface area contributed by atoms with E-state index in [0.717, 1.165) is 5.56 Å². The van der Waals surface area contributed by atoms with Crippen LogP contribution in [0.3, 0.4) is 0 Å². The van der Waals surface area contributed by atoms with E-state index in [0.29, 0.717) is 5.69 Å². The molecule has 0 radical (unpaired) electrons. The van der Waals surface area contributed by atoms with Crippen molar-refractivity contribution in [3.05, 3.63) is 48.0 Å². The number of carbonyl (C=O) groups excluding carboxylic acids is 2. The Morgan fingerprint density at radius 3 is 1.84 bits per heavy atom. The lowest BCUT2D eigenvalue weighted by atomic mass is 10.1. The van der Waals surface area contributed by atoms with Gasteiger partial charge in [0, 0.05) is 12.6 Å². The maximum atomic E-state index is 11.4. The first-order valence-corrected chi connectivity index (χ1v) is 11.3. The number of carboxylic acids is 2. The molecule has 0 aliphatic heterocycles. The molecule has 212 valence electrons. The third kappa shape index (κ3) is 14.0. The van der Waals surface area contributed by atoms with Crippen LogP contribution in [0.4, 0.5) is 0 Å². The number of nitrogens with zero attached hydrogens (tertiary/aromatic N) is 1. The zero-order valence-corrected chi connectivity index (χ0v) is 21.1. The van der Waals surface area contributed by atoms with Gasteiger partial charge in [-0.05, 0) is 30.0 Å². The molecule has 38 heavy (non-hydrogen) atoms. The van der Waals surface area contributed by atoms with Gasteiger partial charge in [-0.15, -0.1) is 0 Å². The largest absolute Gasteiger partial charge is 0.508 e. The molecular formula is C23H36N6O9. The normalized spacial score (nSPS) is 13.5. The Morgan fingerprint density at radius 1 is 0.895 bits per heavy atom. The summed E-state index contributed by atoms with van der Waals surface area (Å²) in [7, 11) is 0. The molecule has 0 amide bonds. The number of esters is 2. The maximum absolute atomic E-state index is 11.4. The highest BCUT2D eigenvalue weighted by Gasteiger charge is 2.23. The first-order chi connectivity index (χ1) is 17.7. The highest BCUT2D eigenvalue weighted by Crippen LogP contribution is 2.10. The average molecular weight is 541 g/mol. The summed E-state index contributed by atoms with van der Waals surface area (Å²) < 4.78 is 4.39. The Labute approximate surface area is 218 Å². The molecule has 0 saturated heterocycles. The molecule has 0 bridgehead atoms. The molecule has 2 aromatic rings. The Kier molecular flexibility index (Phi) is 15.7. The number of rotatable bonds is 10. The first-order valence-electron chi connectivity index (χ1n) is 11.3. The van der Waals surface area contributed by atoms with Crippen LogP contribution in [0, 0.1) is 5.92 Å². The smallest absolute Gasteiger partial charge is 0.332 e. The van der Waals surface area contributed by atoms with Gasteiger partial charge in [0.1, 0.15) is 29.9 Å². The number of nitrogens with one attached hydrogen (secondary N) is 1. The van der Waals surface area contributed by atoms with Gasteiger partial charge in [-0.1, -0.05) is 26.0 Å². The summed E-state index contributed by atoms with van der Waals surface area (Å²) in [6, 6.07) is 2.47. The molecule has 1 heterocycles. The minimum atomic E-state index is -1.24. The van der Waals surface area contributed by atoms with Crippen molar-refractivity contribution in [2.24, 2.45) is 28.9 Å². The van der Waals surface area contributed by atoms with E-state index in [1.807, 2.05) is 0 Å². The van der Waals surface area contributed by atoms with Gasteiger partial charge >= 0.3 is 23.9 Å². The Bertz CT molecular complexity index is 999. The number of benzene rings is 1. The fourth-order valence-electron chi connectivity index (χ4n) is 2.29. The summed E-state index contributed by atoms with van der Waals surface area (Å²) in [4.78, 5) is 49.4. The summed E-state index contributed by atoms with van der Waals surface area (Å²) in [5.41, 5.74) is 22.5. The van der Waals surface area contributed by atoms with Crippen molar-refractivity contribution >= 4 is 23.9 Å². The van der Waals surface area contributed by atoms with Crippen molar-refractivity contribution in [1.29, 1.82) is 0 Å². The van der Waals surface area contributed by atoms with Crippen molar-refractivity contribution in [3.8, 4) is 5.75 Å². The number of phenols is 1. The molecule has 2 rings (SSSR count). The number of nitrogens with two attached hydrogens (primary N) is 4. The fraction of sp³-hybridized carbons (Fsp3) is 0.435. The molecule has 0 saturated carbocycles. The number of phenolic OH excluding ortho intramolecular Hbond substituents is 1. The van der Waals surface area contributed by atoms with Crippen LogP contribution in [-0.4, -0.2) is 85.0 Å². The van der Waals surface area contributed by atoms with Gasteiger partial charge in [-0.3, -0.25) is 9.59 Å². The molecule has 0 aliphatic carbocycles. The third-order valence-corrected chi connectivity index (χ3v) is 4.70. The lowest BCUT2D eigenvalue weighted by Gasteiger charge is -2.11. The highest BCUT2D eigenvalue weighted by atomic mass is 16.6. The summed E-state index contributed by atoms with van der Waals surface area (Å²) in [5, 5.41) is 34.3. The summed E-state index contributed by atoms with van der Waals surface area (Å²) in [6.45, 7) is 2.96. The number of ether oxygens (including phenoxy) is 1. The number of aromatic amines is 1. The minimum Gasteiger partial charge on any atom is -0.508 e. The number of carbonyl (C=O) groups is 4. The quantitative estimate of drug-likeness (QED) is 0.117. The molecular weight excluding hydrogens is 504 g/mol. The molecule has 1 aromatic heterocycles. The van der Waals surface area contributed by atoms with Crippen molar-refractivity contribution in [3.63, 3.8) is 0 Å². The van der Waals surface area contributed by atoms with Gasteiger partial charge in [0.05, 0.1) is 18.6 Å². The maximum Gasteiger partial charge on any atom is 0.332 e. The molecule has 0 aliphatic rings. The van der Waals surface area contributed by atoms with Crippen LogP contribution in [0.5, 0.6) is 5.75 Å². The predicted molar refractivity (Wildman–Crippen MR) is 134 cm³/mol. The number of aliphatic hydroxyl groups excluding tert-OH is 1. The van der Waals surface area contributed by atoms with Gasteiger partial charge < -0.3 is 53.1 Å². The monoisotopic (exact) mass is 540 g/mol. The standard InChI is InChI=1S/C9H14N4O4.C9H11NO3.C5H11NO2/c10-6(1-5-2-12-4-13-5)8(15)17-9(16)7(11)3-14;10-8(9(12)13)5-6-1-3-7(11)4-2-6;1-3(2)4(6)5(7)8/h2,4,6-7,14H,1,3,10-11H2,(H,12,13);1-4,8,11H,5,10H2,(H,12,13);3-4H,6H2,1-2H3,(H,7,8)/t6-,7-;8-;4-/m000/s1. The van der Waals surface area contributed by atoms with Crippen molar-refractivity contribution in [2.75, 3.05) is 6.61 Å². The second-order valence-electron chi connectivity index (χ2n) is 8.32. The van der Waals surface area contributed by atoms with Gasteiger partial charge in [0.25, 0.3) is 0 Å². The number of H-pyrrole nitrogens is 1. The number of hydrogen-bond donors (Lipinski definition) is 9. The summed E-state index contributed by atoms with van der Waals surface area (Å²) >= 11 is 0. The van der Waals surface area contributed by atoms with Crippen molar-refractivity contribution < 1.29 is 44.3 Å². The summed E-state index contributed by atoms with van der Waals surface area (Å²) in [6.07, 6.45) is 3.44. The second kappa shape index (κ2) is 17.5. The van der Waals surface area contributed by atoms with E-state index in [1.54, 1.807) is 32.2 Å². The van der Waals surface area contributed by atoms with Gasteiger partial charge in [-0.2, -0.15) is 0 Å². The number of imidazole rings is 1. The summed E-state index contributed by atoms with van der Waals surface area (Å²) in [5.74, 6) is -3.68. The number of aromatic hydroxyl groups is 1. The zero-order chi connectivity index (χ0) is 29.4. The van der Waals surface area contributed by atoms with Crippen LogP contribution >= 0.6 is 0 Å². The van der Waals surface area contributed by atoms with Crippen LogP contribution in [0.1, 0.15) is 25.1 Å². The topological polar surface area (TPSA) is 291 Å². The SMILES string of the molecule is CC(C)[C@H](N)C(=O)O.N[C@@H](CO)C(=O)OC(=O)[C@@H](N)Cc1c[nH]cn1.N[C@@H](Cc1ccc(O)cc1)C(=O)O. The molecule has 13 N–H and O–H groups in total. The zero-order valence-electron chi connectivity index (χ0n) is 21.1. The number of aromatic nitrogens is 2. The average Bonchev–Trinajstić information content (AvgIpc) is 3.37. The third-order valence-electron chi connectivity index (χ3n) is 4.70. The first kappa shape index (κ1) is 34.1. The van der Waals surface area contributed by atoms with Crippen molar-refractivity contribution in [1.82, 2.24) is 9.97 Å². The van der Waals surface area contributed by atoms with E-state index in [-0.39, 0.29) is 24.5 Å². The molecule has 4 atom stereocenters. The highest BCUT2D eigenvalue weighted by molar-refractivity contribution is 5.90. The van der Waals surface area contributed by atoms with Gasteiger partial charge in [0.2, 0.25) is 0 Å². The van der Waals surface area contributed by atoms with Crippen LogP contribution in [0.15, 0.2) is 36.8 Å². The molecule has 0 spiro atoms. The molecule has 0 fully saturated rings. The lowest BCUT2D eigenvalue weighted by Crippen LogP contribution is -2.42. The van der Waals surface area contributed by atoms with Crippen LogP contribution in [0.2, 0.25) is 0 Å². The van der Waals surface area contributed by atoms with E-state index < -0.39 is 54.7 Å². The van der Waals surface area contributed by atoms with Crippen molar-refractivity contribution in [2.45, 2.75) is 50.9 Å². The number of hydrogen-bond acceptors (Lipinski definition) is 12. The van der Waals surface area contributed by atoms with Crippen LogP contribution in [-0.2, 0) is 36.8 Å². The minimum absolute atomic E-state index is 0.0208. The van der Waals surface area contributed by atoms with E-state index in [9.17, 15) is 19.2 Å². The molecule has 0 unspecified atom stereocenters. The fourth-order valence-corrected chi connectivity index (χ4v) is 2.29. The van der Waals surface area contributed by atoms with Crippen LogP contribution in [0.25, 0.3) is 0 Å². The number of aliphatic hydroxyl groups is 1. The molecule has 15 nitrogen and oxygen atoms in total. The van der Waals surface area contributed by atoms with Gasteiger partial charge in [0.15, 0.2) is 0 Å². The Hall–Kier alpha value is -3.89.